The Balaban J connectivity index is 2.55. The Morgan fingerprint density at radius 1 is 1.44 bits per heavy atom. The van der Waals surface area contributed by atoms with E-state index in [0.29, 0.717) is 5.92 Å². The lowest BCUT2D eigenvalue weighted by Gasteiger charge is -2.36. The molecular formula is C15H24N2O. The molecule has 1 heterocycles. The van der Waals surface area contributed by atoms with Gasteiger partial charge in [0.1, 0.15) is 0 Å². The lowest BCUT2D eigenvalue weighted by atomic mass is 9.74. The third-order valence-electron chi connectivity index (χ3n) is 3.70. The Labute approximate surface area is 109 Å². The van der Waals surface area contributed by atoms with Crippen molar-refractivity contribution in [2.24, 2.45) is 17.1 Å². The van der Waals surface area contributed by atoms with Gasteiger partial charge in [-0.1, -0.05) is 33.8 Å². The molecule has 1 aliphatic rings. The van der Waals surface area contributed by atoms with Crippen LogP contribution >= 0.6 is 0 Å². The van der Waals surface area contributed by atoms with Gasteiger partial charge in [-0.2, -0.15) is 0 Å². The summed E-state index contributed by atoms with van der Waals surface area (Å²) in [6, 6.07) is 3.65. The van der Waals surface area contributed by atoms with Crippen LogP contribution in [0.1, 0.15) is 51.4 Å². The average Bonchev–Trinajstić information content (AvgIpc) is 2.20. The Kier molecular flexibility index (Phi) is 3.37. The summed E-state index contributed by atoms with van der Waals surface area (Å²) in [6.45, 7) is 9.52. The summed E-state index contributed by atoms with van der Waals surface area (Å²) in [6.07, 6.45) is 1.93. The quantitative estimate of drug-likeness (QED) is 0.874. The highest BCUT2D eigenvalue weighted by atomic mass is 16.1. The molecule has 0 saturated heterocycles. The number of pyridine rings is 1. The largest absolute Gasteiger partial charge is 0.324 e. The Morgan fingerprint density at radius 3 is 2.72 bits per heavy atom. The molecule has 0 fully saturated rings. The first-order chi connectivity index (χ1) is 8.30. The fourth-order valence-electron chi connectivity index (χ4n) is 2.97. The van der Waals surface area contributed by atoms with Crippen molar-refractivity contribution in [1.29, 1.82) is 0 Å². The van der Waals surface area contributed by atoms with Crippen LogP contribution in [0.15, 0.2) is 16.9 Å². The number of fused-ring (bicyclic) bond motifs is 1. The van der Waals surface area contributed by atoms with Crippen LogP contribution in [-0.4, -0.2) is 4.57 Å². The second kappa shape index (κ2) is 4.54. The van der Waals surface area contributed by atoms with E-state index in [0.717, 1.165) is 30.6 Å². The summed E-state index contributed by atoms with van der Waals surface area (Å²) in [4.78, 5) is 12.1. The molecule has 1 aliphatic carbocycles. The molecule has 0 amide bonds. The minimum absolute atomic E-state index is 0.0581. The van der Waals surface area contributed by atoms with Crippen molar-refractivity contribution in [2.75, 3.05) is 0 Å². The molecule has 2 N–H and O–H groups in total. The molecule has 0 radical (unpaired) electrons. The van der Waals surface area contributed by atoms with Crippen molar-refractivity contribution in [1.82, 2.24) is 4.57 Å². The van der Waals surface area contributed by atoms with Gasteiger partial charge in [-0.05, 0) is 29.7 Å². The van der Waals surface area contributed by atoms with E-state index in [2.05, 4.69) is 27.7 Å². The summed E-state index contributed by atoms with van der Waals surface area (Å²) in [5.74, 6) is 0.468. The molecule has 3 heteroatoms. The van der Waals surface area contributed by atoms with E-state index in [4.69, 9.17) is 5.73 Å². The maximum absolute atomic E-state index is 12.1. The molecule has 3 nitrogen and oxygen atoms in total. The van der Waals surface area contributed by atoms with Gasteiger partial charge in [-0.25, -0.2) is 0 Å². The third-order valence-corrected chi connectivity index (χ3v) is 3.70. The molecule has 0 bridgehead atoms. The van der Waals surface area contributed by atoms with E-state index in [9.17, 15) is 4.79 Å². The van der Waals surface area contributed by atoms with Crippen molar-refractivity contribution in [3.63, 3.8) is 0 Å². The van der Waals surface area contributed by atoms with Gasteiger partial charge in [0.15, 0.2) is 0 Å². The number of hydrogen-bond donors (Lipinski definition) is 1. The van der Waals surface area contributed by atoms with E-state index in [1.807, 2.05) is 10.6 Å². The first kappa shape index (κ1) is 13.3. The Hall–Kier alpha value is -1.09. The average molecular weight is 248 g/mol. The van der Waals surface area contributed by atoms with Crippen molar-refractivity contribution in [2.45, 2.75) is 53.1 Å². The molecule has 1 aromatic heterocycles. The molecule has 100 valence electrons. The van der Waals surface area contributed by atoms with E-state index in [1.54, 1.807) is 6.07 Å². The predicted octanol–water partition coefficient (Wildman–Crippen LogP) is 2.48. The molecule has 18 heavy (non-hydrogen) atoms. The van der Waals surface area contributed by atoms with Crippen LogP contribution in [0, 0.1) is 11.3 Å². The molecule has 1 aromatic rings. The Bertz CT molecular complexity index is 500. The number of aromatic nitrogens is 1. The smallest absolute Gasteiger partial charge is 0.250 e. The molecule has 0 spiro atoms. The van der Waals surface area contributed by atoms with Crippen LogP contribution in [0.2, 0.25) is 0 Å². The monoisotopic (exact) mass is 248 g/mol. The van der Waals surface area contributed by atoms with Gasteiger partial charge in [0.25, 0.3) is 5.56 Å². The van der Waals surface area contributed by atoms with Crippen molar-refractivity contribution >= 4 is 0 Å². The van der Waals surface area contributed by atoms with Gasteiger partial charge >= 0.3 is 0 Å². The predicted molar refractivity (Wildman–Crippen MR) is 74.6 cm³/mol. The molecule has 0 unspecified atom stereocenters. The highest BCUT2D eigenvalue weighted by molar-refractivity contribution is 5.29. The third kappa shape index (κ3) is 2.51. The van der Waals surface area contributed by atoms with E-state index in [1.165, 1.54) is 0 Å². The molecular weight excluding hydrogens is 224 g/mol. The van der Waals surface area contributed by atoms with E-state index < -0.39 is 0 Å². The molecule has 0 aromatic carbocycles. The van der Waals surface area contributed by atoms with Gasteiger partial charge in [0, 0.05) is 24.3 Å². The zero-order valence-corrected chi connectivity index (χ0v) is 11.9. The van der Waals surface area contributed by atoms with Crippen molar-refractivity contribution in [3.8, 4) is 0 Å². The second-order valence-electron chi connectivity index (χ2n) is 6.73. The van der Waals surface area contributed by atoms with Gasteiger partial charge < -0.3 is 10.3 Å². The maximum atomic E-state index is 12.1. The van der Waals surface area contributed by atoms with Crippen LogP contribution in [0.3, 0.4) is 0 Å². The number of hydrogen-bond acceptors (Lipinski definition) is 2. The lowest BCUT2D eigenvalue weighted by Crippen LogP contribution is -2.36. The van der Waals surface area contributed by atoms with Gasteiger partial charge in [-0.15, -0.1) is 0 Å². The number of rotatable bonds is 2. The number of nitrogens with two attached hydrogens (primary N) is 1. The van der Waals surface area contributed by atoms with Gasteiger partial charge in [0.2, 0.25) is 0 Å². The van der Waals surface area contributed by atoms with E-state index in [-0.39, 0.29) is 17.0 Å². The van der Waals surface area contributed by atoms with Crippen LogP contribution in [0.4, 0.5) is 0 Å². The minimum atomic E-state index is 0.0581. The first-order valence-corrected chi connectivity index (χ1v) is 6.78. The van der Waals surface area contributed by atoms with Crippen LogP contribution in [0.5, 0.6) is 0 Å². The SMILES string of the molecule is CC(C)Cn1c2c(ccc1=O)[C@H](N)CC(C)(C)C2. The summed E-state index contributed by atoms with van der Waals surface area (Å²) in [7, 11) is 0. The zero-order valence-electron chi connectivity index (χ0n) is 11.9. The maximum Gasteiger partial charge on any atom is 0.250 e. The highest BCUT2D eigenvalue weighted by Crippen LogP contribution is 2.38. The Morgan fingerprint density at radius 2 is 2.11 bits per heavy atom. The minimum Gasteiger partial charge on any atom is -0.324 e. The summed E-state index contributed by atoms with van der Waals surface area (Å²) < 4.78 is 1.93. The first-order valence-electron chi connectivity index (χ1n) is 6.78. The highest BCUT2D eigenvalue weighted by Gasteiger charge is 2.32. The van der Waals surface area contributed by atoms with Crippen molar-refractivity contribution in [3.05, 3.63) is 33.7 Å². The van der Waals surface area contributed by atoms with Crippen LogP contribution in [-0.2, 0) is 13.0 Å². The number of nitrogens with zero attached hydrogens (tertiary/aromatic N) is 1. The molecule has 0 aliphatic heterocycles. The van der Waals surface area contributed by atoms with E-state index >= 15 is 0 Å². The van der Waals surface area contributed by atoms with Crippen LogP contribution < -0.4 is 11.3 Å². The van der Waals surface area contributed by atoms with Crippen LogP contribution in [0.25, 0.3) is 0 Å². The molecule has 1 atom stereocenters. The molecule has 0 saturated carbocycles. The van der Waals surface area contributed by atoms with Gasteiger partial charge in [0.05, 0.1) is 0 Å². The fourth-order valence-corrected chi connectivity index (χ4v) is 2.97. The standard InChI is InChI=1S/C15H24N2O/c1-10(2)9-17-13-8-15(3,4)7-12(16)11(13)5-6-14(17)18/h5-6,10,12H,7-9,16H2,1-4H3/t12-/m1/s1. The normalized spacial score (nSPS) is 22.0. The molecule has 2 rings (SSSR count). The summed E-state index contributed by atoms with van der Waals surface area (Å²) >= 11 is 0. The summed E-state index contributed by atoms with van der Waals surface area (Å²) in [5.41, 5.74) is 8.85. The zero-order chi connectivity index (χ0) is 13.5. The summed E-state index contributed by atoms with van der Waals surface area (Å²) in [5, 5.41) is 0. The lowest BCUT2D eigenvalue weighted by molar-refractivity contribution is 0.268. The van der Waals surface area contributed by atoms with Crippen molar-refractivity contribution < 1.29 is 0 Å². The van der Waals surface area contributed by atoms with Gasteiger partial charge in [-0.3, -0.25) is 4.79 Å². The second-order valence-corrected chi connectivity index (χ2v) is 6.73. The fraction of sp³-hybridized carbons (Fsp3) is 0.667. The topological polar surface area (TPSA) is 48.0 Å².